The highest BCUT2D eigenvalue weighted by molar-refractivity contribution is 5.80. The fraction of sp³-hybridized carbons (Fsp3) is 0.917. The minimum Gasteiger partial charge on any atom is -0.479 e. The van der Waals surface area contributed by atoms with E-state index in [1.165, 1.54) is 64.2 Å². The number of carbonyl (C=O) groups excluding carboxylic acids is 1. The number of unbranched alkanes of at least 4 members (excludes halogenated alkanes) is 14. The SMILES string of the molecule is CCCCCCCCCCC(O)C(=O)O[C@H](CCCCCCCCCC)C(=O)O. The molecule has 0 aromatic heterocycles. The maximum absolute atomic E-state index is 12.0. The third kappa shape index (κ3) is 17.5. The molecule has 5 heteroatoms. The summed E-state index contributed by atoms with van der Waals surface area (Å²) in [5.41, 5.74) is 0. The minimum absolute atomic E-state index is 0.320. The van der Waals surface area contributed by atoms with Crippen molar-refractivity contribution < 1.29 is 24.5 Å². The Balaban J connectivity index is 3.85. The van der Waals surface area contributed by atoms with E-state index in [-0.39, 0.29) is 0 Å². The number of ether oxygens (including phenoxy) is 1. The minimum atomic E-state index is -1.21. The van der Waals surface area contributed by atoms with E-state index in [4.69, 9.17) is 4.74 Å². The maximum Gasteiger partial charge on any atom is 0.345 e. The van der Waals surface area contributed by atoms with Gasteiger partial charge in [0.15, 0.2) is 12.2 Å². The van der Waals surface area contributed by atoms with Crippen LogP contribution in [0.2, 0.25) is 0 Å². The number of carboxylic acid groups (broad SMARTS) is 1. The van der Waals surface area contributed by atoms with Gasteiger partial charge in [0, 0.05) is 0 Å². The van der Waals surface area contributed by atoms with Crippen LogP contribution in [0.25, 0.3) is 0 Å². The predicted octanol–water partition coefficient (Wildman–Crippen LogP) is 6.41. The molecule has 0 radical (unpaired) electrons. The lowest BCUT2D eigenvalue weighted by Gasteiger charge is -2.16. The van der Waals surface area contributed by atoms with Crippen LogP contribution in [0, 0.1) is 0 Å². The first-order valence-electron chi connectivity index (χ1n) is 12.1. The van der Waals surface area contributed by atoms with Crippen molar-refractivity contribution in [3.8, 4) is 0 Å². The van der Waals surface area contributed by atoms with Crippen LogP contribution in [-0.2, 0) is 14.3 Å². The van der Waals surface area contributed by atoms with Gasteiger partial charge in [-0.2, -0.15) is 0 Å². The number of carboxylic acids is 1. The topological polar surface area (TPSA) is 83.8 Å². The first kappa shape index (κ1) is 27.9. The average Bonchev–Trinajstić information content (AvgIpc) is 2.70. The Morgan fingerprint density at radius 1 is 0.655 bits per heavy atom. The summed E-state index contributed by atoms with van der Waals surface area (Å²) < 4.78 is 5.07. The summed E-state index contributed by atoms with van der Waals surface area (Å²) in [6.07, 6.45) is 16.4. The van der Waals surface area contributed by atoms with E-state index in [9.17, 15) is 19.8 Å². The molecular weight excluding hydrogens is 368 g/mol. The van der Waals surface area contributed by atoms with Gasteiger partial charge in [-0.1, -0.05) is 110 Å². The van der Waals surface area contributed by atoms with Gasteiger partial charge in [-0.15, -0.1) is 0 Å². The van der Waals surface area contributed by atoms with Gasteiger partial charge in [-0.25, -0.2) is 9.59 Å². The van der Waals surface area contributed by atoms with E-state index < -0.39 is 24.1 Å². The average molecular weight is 415 g/mol. The van der Waals surface area contributed by atoms with E-state index in [0.29, 0.717) is 12.8 Å². The summed E-state index contributed by atoms with van der Waals surface area (Å²) >= 11 is 0. The monoisotopic (exact) mass is 414 g/mol. The molecule has 29 heavy (non-hydrogen) atoms. The lowest BCUT2D eigenvalue weighted by molar-refractivity contribution is -0.170. The number of aliphatic hydroxyl groups is 1. The van der Waals surface area contributed by atoms with Crippen LogP contribution in [0.15, 0.2) is 0 Å². The van der Waals surface area contributed by atoms with Crippen molar-refractivity contribution in [1.82, 2.24) is 0 Å². The summed E-state index contributed by atoms with van der Waals surface area (Å²) in [7, 11) is 0. The zero-order chi connectivity index (χ0) is 21.7. The fourth-order valence-corrected chi connectivity index (χ4v) is 3.50. The molecule has 0 amide bonds. The molecule has 0 aliphatic heterocycles. The van der Waals surface area contributed by atoms with Crippen molar-refractivity contribution >= 4 is 11.9 Å². The number of rotatable bonds is 21. The molecule has 0 bridgehead atoms. The van der Waals surface area contributed by atoms with E-state index in [1.54, 1.807) is 0 Å². The van der Waals surface area contributed by atoms with Crippen LogP contribution in [0.3, 0.4) is 0 Å². The second-order valence-electron chi connectivity index (χ2n) is 8.31. The van der Waals surface area contributed by atoms with Gasteiger partial charge in [0.25, 0.3) is 0 Å². The molecule has 0 aromatic rings. The van der Waals surface area contributed by atoms with Crippen molar-refractivity contribution in [3.63, 3.8) is 0 Å². The van der Waals surface area contributed by atoms with Crippen molar-refractivity contribution in [1.29, 1.82) is 0 Å². The Morgan fingerprint density at radius 2 is 1.03 bits per heavy atom. The second-order valence-corrected chi connectivity index (χ2v) is 8.31. The largest absolute Gasteiger partial charge is 0.479 e. The number of esters is 1. The Kier molecular flexibility index (Phi) is 19.4. The summed E-state index contributed by atoms with van der Waals surface area (Å²) in [5.74, 6) is -1.92. The Morgan fingerprint density at radius 3 is 1.45 bits per heavy atom. The molecule has 0 spiro atoms. The van der Waals surface area contributed by atoms with Crippen molar-refractivity contribution in [2.24, 2.45) is 0 Å². The molecule has 0 saturated heterocycles. The molecule has 0 aromatic carbocycles. The highest BCUT2D eigenvalue weighted by Gasteiger charge is 2.25. The second kappa shape index (κ2) is 20.2. The number of aliphatic hydroxyl groups excluding tert-OH is 1. The van der Waals surface area contributed by atoms with Crippen molar-refractivity contribution in [2.75, 3.05) is 0 Å². The van der Waals surface area contributed by atoms with E-state index >= 15 is 0 Å². The van der Waals surface area contributed by atoms with Gasteiger partial charge < -0.3 is 14.9 Å². The predicted molar refractivity (Wildman–Crippen MR) is 118 cm³/mol. The molecule has 5 nitrogen and oxygen atoms in total. The molecule has 0 aliphatic rings. The molecule has 2 N–H and O–H groups in total. The maximum atomic E-state index is 12.0. The van der Waals surface area contributed by atoms with Gasteiger partial charge in [-0.3, -0.25) is 0 Å². The van der Waals surface area contributed by atoms with Crippen LogP contribution in [0.4, 0.5) is 0 Å². The van der Waals surface area contributed by atoms with Crippen LogP contribution in [0.5, 0.6) is 0 Å². The highest BCUT2D eigenvalue weighted by Crippen LogP contribution is 2.15. The number of aliphatic carboxylic acids is 1. The fourth-order valence-electron chi connectivity index (χ4n) is 3.50. The van der Waals surface area contributed by atoms with E-state index in [0.717, 1.165) is 38.5 Å². The van der Waals surface area contributed by atoms with Crippen LogP contribution in [-0.4, -0.2) is 34.4 Å². The van der Waals surface area contributed by atoms with Gasteiger partial charge in [0.2, 0.25) is 0 Å². The third-order valence-corrected chi connectivity index (χ3v) is 5.46. The third-order valence-electron chi connectivity index (χ3n) is 5.46. The Hall–Kier alpha value is -1.10. The molecule has 2 atom stereocenters. The standard InChI is InChI=1S/C24H46O5/c1-3-5-7-9-11-13-15-17-19-21(25)24(28)29-22(23(26)27)20-18-16-14-12-10-8-6-4-2/h21-22,25H,3-20H2,1-2H3,(H,26,27)/t21?,22-/m1/s1. The van der Waals surface area contributed by atoms with Crippen molar-refractivity contribution in [2.45, 2.75) is 142 Å². The summed E-state index contributed by atoms with van der Waals surface area (Å²) in [6, 6.07) is 0. The van der Waals surface area contributed by atoms with Crippen LogP contribution in [0.1, 0.15) is 129 Å². The molecular formula is C24H46O5. The van der Waals surface area contributed by atoms with E-state index in [1.807, 2.05) is 0 Å². The number of hydrogen-bond acceptors (Lipinski definition) is 4. The Bertz CT molecular complexity index is 397. The highest BCUT2D eigenvalue weighted by atomic mass is 16.6. The van der Waals surface area contributed by atoms with Gasteiger partial charge in [0.1, 0.15) is 0 Å². The number of carbonyl (C=O) groups is 2. The summed E-state index contributed by atoms with van der Waals surface area (Å²) in [6.45, 7) is 4.39. The smallest absolute Gasteiger partial charge is 0.345 e. The molecule has 0 fully saturated rings. The molecule has 1 unspecified atom stereocenters. The van der Waals surface area contributed by atoms with Crippen LogP contribution < -0.4 is 0 Å². The quantitative estimate of drug-likeness (QED) is 0.168. The molecule has 172 valence electrons. The molecule has 0 rings (SSSR count). The summed E-state index contributed by atoms with van der Waals surface area (Å²) in [5, 5.41) is 19.2. The molecule has 0 heterocycles. The molecule has 0 saturated carbocycles. The summed E-state index contributed by atoms with van der Waals surface area (Å²) in [4.78, 5) is 23.3. The number of hydrogen-bond donors (Lipinski definition) is 2. The first-order chi connectivity index (χ1) is 14.0. The van der Waals surface area contributed by atoms with Crippen molar-refractivity contribution in [3.05, 3.63) is 0 Å². The Labute approximate surface area is 178 Å². The van der Waals surface area contributed by atoms with Gasteiger partial charge >= 0.3 is 11.9 Å². The van der Waals surface area contributed by atoms with Crippen LogP contribution >= 0.6 is 0 Å². The normalized spacial score (nSPS) is 13.2. The first-order valence-corrected chi connectivity index (χ1v) is 12.1. The molecule has 0 aliphatic carbocycles. The van der Waals surface area contributed by atoms with Gasteiger partial charge in [-0.05, 0) is 19.3 Å². The zero-order valence-corrected chi connectivity index (χ0v) is 19.0. The van der Waals surface area contributed by atoms with Gasteiger partial charge in [0.05, 0.1) is 0 Å². The lowest BCUT2D eigenvalue weighted by atomic mass is 10.0. The lowest BCUT2D eigenvalue weighted by Crippen LogP contribution is -2.32. The zero-order valence-electron chi connectivity index (χ0n) is 19.0. The van der Waals surface area contributed by atoms with E-state index in [2.05, 4.69) is 13.8 Å².